The van der Waals surface area contributed by atoms with E-state index in [1.807, 2.05) is 6.92 Å². The largest absolute Gasteiger partial charge is 0.408 e. The van der Waals surface area contributed by atoms with Gasteiger partial charge in [0, 0.05) is 12.0 Å². The summed E-state index contributed by atoms with van der Waals surface area (Å²) >= 11 is 0. The van der Waals surface area contributed by atoms with Gasteiger partial charge in [0.05, 0.1) is 11.5 Å². The Morgan fingerprint density at radius 3 is 1.95 bits per heavy atom. The maximum atomic E-state index is 10.8. The van der Waals surface area contributed by atoms with Crippen LogP contribution in [0.25, 0.3) is 0 Å². The molecule has 0 radical (unpaired) electrons. The monoisotopic (exact) mass is 560 g/mol. The fourth-order valence-electron chi connectivity index (χ4n) is 3.98. The van der Waals surface area contributed by atoms with Gasteiger partial charge in [-0.1, -0.05) is 71.3 Å². The lowest BCUT2D eigenvalue weighted by atomic mass is 9.85. The Bertz CT molecular complexity index is 1030. The summed E-state index contributed by atoms with van der Waals surface area (Å²) in [6.07, 6.45) is 2.62. The lowest BCUT2D eigenvalue weighted by Crippen LogP contribution is -2.60. The molecule has 2 rings (SSSR count). The SMILES string of the molecule is C=C[C@]1(C)C#CC2=C[C@@H](O[Si](C)(C)C(C)(C)C)[C@H](O[Si](C)(C)C(C)(C)C)C2(O[Si](C)(C)C)CC#C[C@@H]1O. The predicted octanol–water partition coefficient (Wildman–Crippen LogP) is 7.26. The van der Waals surface area contributed by atoms with Crippen molar-refractivity contribution in [1.82, 2.24) is 0 Å². The molecule has 4 nitrogen and oxygen atoms in total. The van der Waals surface area contributed by atoms with Crippen molar-refractivity contribution in [2.45, 2.75) is 135 Å². The van der Waals surface area contributed by atoms with Crippen LogP contribution in [0.1, 0.15) is 54.9 Å². The minimum atomic E-state index is -2.25. The van der Waals surface area contributed by atoms with Gasteiger partial charge in [-0.2, -0.15) is 0 Å². The zero-order valence-corrected chi connectivity index (χ0v) is 29.0. The fraction of sp³-hybridized carbons (Fsp3) is 0.733. The third kappa shape index (κ3) is 6.81. The Kier molecular flexibility index (Phi) is 8.94. The number of aliphatic hydroxyl groups is 1. The topological polar surface area (TPSA) is 47.9 Å². The molecule has 0 aromatic carbocycles. The van der Waals surface area contributed by atoms with Gasteiger partial charge >= 0.3 is 0 Å². The van der Waals surface area contributed by atoms with Gasteiger partial charge in [-0.05, 0) is 68.9 Å². The van der Waals surface area contributed by atoms with E-state index in [4.69, 9.17) is 13.3 Å². The highest BCUT2D eigenvalue weighted by Gasteiger charge is 2.58. The van der Waals surface area contributed by atoms with Crippen LogP contribution >= 0.6 is 0 Å². The Morgan fingerprint density at radius 2 is 1.49 bits per heavy atom. The van der Waals surface area contributed by atoms with Crippen molar-refractivity contribution < 1.29 is 18.4 Å². The first-order valence-electron chi connectivity index (χ1n) is 13.5. The molecule has 208 valence electrons. The summed E-state index contributed by atoms with van der Waals surface area (Å²) in [5.74, 6) is 13.1. The van der Waals surface area contributed by atoms with Crippen molar-refractivity contribution in [2.75, 3.05) is 0 Å². The van der Waals surface area contributed by atoms with Crippen molar-refractivity contribution in [3.8, 4) is 23.7 Å². The van der Waals surface area contributed by atoms with Gasteiger partial charge in [0.1, 0.15) is 17.8 Å². The lowest BCUT2D eigenvalue weighted by molar-refractivity contribution is -0.0499. The summed E-state index contributed by atoms with van der Waals surface area (Å²) in [7, 11) is -6.52. The molecule has 0 spiro atoms. The summed E-state index contributed by atoms with van der Waals surface area (Å²) in [5.41, 5.74) is -0.852. The zero-order chi connectivity index (χ0) is 28.9. The van der Waals surface area contributed by atoms with Gasteiger partial charge in [0.15, 0.2) is 25.0 Å². The molecular formula is C30H52O4Si3. The molecule has 5 atom stereocenters. The Hall–Kier alpha value is -0.909. The maximum Gasteiger partial charge on any atom is 0.193 e. The third-order valence-electron chi connectivity index (χ3n) is 8.55. The molecule has 0 amide bonds. The third-order valence-corrected chi connectivity index (χ3v) is 18.5. The molecule has 7 heteroatoms. The molecule has 1 N–H and O–H groups in total. The number of aliphatic hydroxyl groups excluding tert-OH is 1. The smallest absolute Gasteiger partial charge is 0.193 e. The van der Waals surface area contributed by atoms with E-state index >= 15 is 0 Å². The highest BCUT2D eigenvalue weighted by Crippen LogP contribution is 2.49. The second kappa shape index (κ2) is 10.2. The number of fused-ring (bicyclic) bond motifs is 1. The molecule has 1 unspecified atom stereocenters. The van der Waals surface area contributed by atoms with E-state index in [0.717, 1.165) is 5.57 Å². The maximum absolute atomic E-state index is 10.8. The van der Waals surface area contributed by atoms with Gasteiger partial charge in [-0.15, -0.1) is 6.58 Å². The standard InChI is InChI=1S/C30H52O4Si3/c1-16-29(8)21-19-23-22-24(32-36(12,13)27(2,3)4)26(33-37(14,15)28(5,6)7)30(23,34-35(9,10)11)20-17-18-25(29)31/h16,22,24-26,31H,1,20H2,2-15H3/t24-,25+,26+,29-,30?/m1/s1. The van der Waals surface area contributed by atoms with Gasteiger partial charge in [0.2, 0.25) is 0 Å². The Balaban J connectivity index is 2.86. The minimum absolute atomic E-state index is 0.00506. The number of rotatable bonds is 7. The summed E-state index contributed by atoms with van der Waals surface area (Å²) < 4.78 is 21.5. The minimum Gasteiger partial charge on any atom is -0.408 e. The average molecular weight is 561 g/mol. The normalized spacial score (nSPS) is 31.0. The van der Waals surface area contributed by atoms with E-state index in [1.54, 1.807) is 6.08 Å². The summed E-state index contributed by atoms with van der Waals surface area (Å²) in [4.78, 5) is 0. The molecule has 0 fully saturated rings. The van der Waals surface area contributed by atoms with E-state index < -0.39 is 42.1 Å². The molecule has 0 aromatic heterocycles. The van der Waals surface area contributed by atoms with Crippen LogP contribution in [0.4, 0.5) is 0 Å². The molecule has 0 aliphatic heterocycles. The second-order valence-electron chi connectivity index (χ2n) is 15.0. The van der Waals surface area contributed by atoms with E-state index in [9.17, 15) is 5.11 Å². The van der Waals surface area contributed by atoms with Crippen molar-refractivity contribution in [2.24, 2.45) is 5.41 Å². The van der Waals surface area contributed by atoms with E-state index in [2.05, 4.69) is 124 Å². The zero-order valence-electron chi connectivity index (χ0n) is 26.0. The van der Waals surface area contributed by atoms with Gasteiger partial charge in [-0.25, -0.2) is 0 Å². The van der Waals surface area contributed by atoms with Crippen molar-refractivity contribution in [3.63, 3.8) is 0 Å². The first-order valence-corrected chi connectivity index (χ1v) is 22.7. The molecule has 0 saturated heterocycles. The highest BCUT2D eigenvalue weighted by molar-refractivity contribution is 6.74. The van der Waals surface area contributed by atoms with Crippen LogP contribution in [-0.4, -0.2) is 54.0 Å². The van der Waals surface area contributed by atoms with Gasteiger partial charge in [0.25, 0.3) is 0 Å². The molecule has 37 heavy (non-hydrogen) atoms. The van der Waals surface area contributed by atoms with Crippen LogP contribution in [-0.2, 0) is 13.3 Å². The van der Waals surface area contributed by atoms with Crippen LogP contribution in [0.2, 0.25) is 55.9 Å². The molecule has 2 aliphatic carbocycles. The lowest BCUT2D eigenvalue weighted by Gasteiger charge is -2.48. The van der Waals surface area contributed by atoms with E-state index in [1.165, 1.54) is 0 Å². The average Bonchev–Trinajstić information content (AvgIpc) is 2.95. The highest BCUT2D eigenvalue weighted by atomic mass is 28.4. The van der Waals surface area contributed by atoms with Crippen molar-refractivity contribution >= 4 is 25.0 Å². The quantitative estimate of drug-likeness (QED) is 0.202. The predicted molar refractivity (Wildman–Crippen MR) is 164 cm³/mol. The van der Waals surface area contributed by atoms with E-state index in [-0.39, 0.29) is 22.3 Å². The van der Waals surface area contributed by atoms with Crippen molar-refractivity contribution in [3.05, 3.63) is 24.3 Å². The number of hydrogen-bond acceptors (Lipinski definition) is 4. The molecule has 0 aromatic rings. The van der Waals surface area contributed by atoms with E-state index in [0.29, 0.717) is 6.42 Å². The van der Waals surface area contributed by atoms with Crippen LogP contribution in [0.5, 0.6) is 0 Å². The molecule has 0 saturated carbocycles. The molecule has 0 heterocycles. The van der Waals surface area contributed by atoms with Gasteiger partial charge in [-0.3, -0.25) is 0 Å². The summed E-state index contributed by atoms with van der Waals surface area (Å²) in [6.45, 7) is 35.1. The van der Waals surface area contributed by atoms with Crippen LogP contribution in [0.15, 0.2) is 24.3 Å². The Labute approximate surface area is 231 Å². The first kappa shape index (κ1) is 32.3. The number of hydrogen-bond donors (Lipinski definition) is 1. The van der Waals surface area contributed by atoms with Crippen LogP contribution in [0, 0.1) is 29.1 Å². The first-order chi connectivity index (χ1) is 16.4. The molecule has 0 bridgehead atoms. The summed E-state index contributed by atoms with van der Waals surface area (Å²) in [6, 6.07) is 0. The fourth-order valence-corrected chi connectivity index (χ4v) is 7.91. The Morgan fingerprint density at radius 1 is 0.973 bits per heavy atom. The summed E-state index contributed by atoms with van der Waals surface area (Å²) in [5, 5.41) is 10.9. The second-order valence-corrected chi connectivity index (χ2v) is 28.9. The molecular weight excluding hydrogens is 509 g/mol. The van der Waals surface area contributed by atoms with Crippen LogP contribution in [0.3, 0.4) is 0 Å². The van der Waals surface area contributed by atoms with Crippen LogP contribution < -0.4 is 0 Å². The molecule has 2 aliphatic rings. The van der Waals surface area contributed by atoms with Crippen molar-refractivity contribution in [1.29, 1.82) is 0 Å². The van der Waals surface area contributed by atoms with Gasteiger partial charge < -0.3 is 18.4 Å².